The molecule has 3 nitrogen and oxygen atoms in total. The smallest absolute Gasteiger partial charge is 0.145 e. The van der Waals surface area contributed by atoms with Gasteiger partial charge in [0, 0.05) is 22.2 Å². The minimum Gasteiger partial charge on any atom is -0.292 e. The van der Waals surface area contributed by atoms with Gasteiger partial charge in [-0.2, -0.15) is 0 Å². The first-order valence-corrected chi connectivity index (χ1v) is 19.0. The van der Waals surface area contributed by atoms with Crippen LogP contribution in [0.5, 0.6) is 0 Å². The SMILES string of the molecule is CC1(C)c2ccccc2-c2cc3c(-c4nc5ccccc5s4)c4ccccc4c(-c4cccc(-c5nc6ccccc6n5-c5ccccc5)c4)c3cc21. The van der Waals surface area contributed by atoms with Crippen LogP contribution in [-0.2, 0) is 5.41 Å². The lowest BCUT2D eigenvalue weighted by molar-refractivity contribution is 0.661. The molecule has 0 aliphatic heterocycles. The van der Waals surface area contributed by atoms with Crippen molar-refractivity contribution in [3.05, 3.63) is 175 Å². The minimum atomic E-state index is -0.137. The van der Waals surface area contributed by atoms with Crippen molar-refractivity contribution in [1.82, 2.24) is 14.5 Å². The highest BCUT2D eigenvalue weighted by Crippen LogP contribution is 2.53. The zero-order chi connectivity index (χ0) is 35.3. The third kappa shape index (κ3) is 4.46. The predicted molar refractivity (Wildman–Crippen MR) is 223 cm³/mol. The molecule has 1 aliphatic carbocycles. The third-order valence-corrected chi connectivity index (χ3v) is 12.3. The maximum atomic E-state index is 5.27. The van der Waals surface area contributed by atoms with Gasteiger partial charge < -0.3 is 0 Å². The molecule has 0 unspecified atom stereocenters. The number of imidazole rings is 1. The molecule has 0 bridgehead atoms. The van der Waals surface area contributed by atoms with E-state index in [1.165, 1.54) is 65.2 Å². The van der Waals surface area contributed by atoms with Crippen molar-refractivity contribution in [2.45, 2.75) is 19.3 Å². The number of nitrogens with zero attached hydrogens (tertiary/aromatic N) is 3. The van der Waals surface area contributed by atoms with Gasteiger partial charge in [-0.3, -0.25) is 4.57 Å². The van der Waals surface area contributed by atoms with Crippen molar-refractivity contribution in [3.8, 4) is 49.9 Å². The Kier molecular flexibility index (Phi) is 6.47. The molecule has 250 valence electrons. The van der Waals surface area contributed by atoms with Crippen LogP contribution in [0.25, 0.3) is 92.7 Å². The summed E-state index contributed by atoms with van der Waals surface area (Å²) in [5, 5.41) is 5.95. The average Bonchev–Trinajstić information content (AvgIpc) is 3.87. The van der Waals surface area contributed by atoms with Crippen LogP contribution in [0.4, 0.5) is 0 Å². The van der Waals surface area contributed by atoms with E-state index in [0.29, 0.717) is 0 Å². The molecule has 0 N–H and O–H groups in total. The Morgan fingerprint density at radius 3 is 2.02 bits per heavy atom. The van der Waals surface area contributed by atoms with Gasteiger partial charge in [0.15, 0.2) is 0 Å². The molecular weight excluding hydrogens is 663 g/mol. The summed E-state index contributed by atoms with van der Waals surface area (Å²) in [7, 11) is 0. The first-order valence-electron chi connectivity index (χ1n) is 18.2. The number of hydrogen-bond acceptors (Lipinski definition) is 3. The monoisotopic (exact) mass is 695 g/mol. The number of benzene rings is 8. The largest absolute Gasteiger partial charge is 0.292 e. The second kappa shape index (κ2) is 11.3. The number of fused-ring (bicyclic) bond motifs is 7. The number of rotatable bonds is 4. The fraction of sp³-hybridized carbons (Fsp3) is 0.0612. The number of hydrogen-bond donors (Lipinski definition) is 0. The van der Waals surface area contributed by atoms with Crippen LogP contribution in [-0.4, -0.2) is 14.5 Å². The van der Waals surface area contributed by atoms with Crippen molar-refractivity contribution in [2.24, 2.45) is 0 Å². The highest BCUT2D eigenvalue weighted by molar-refractivity contribution is 7.21. The molecule has 2 heterocycles. The normalized spacial score (nSPS) is 13.2. The predicted octanol–water partition coefficient (Wildman–Crippen LogP) is 13.2. The Morgan fingerprint density at radius 2 is 1.17 bits per heavy atom. The van der Waals surface area contributed by atoms with Gasteiger partial charge in [-0.25, -0.2) is 9.97 Å². The lowest BCUT2D eigenvalue weighted by Gasteiger charge is -2.23. The van der Waals surface area contributed by atoms with E-state index in [9.17, 15) is 0 Å². The summed E-state index contributed by atoms with van der Waals surface area (Å²) in [5.74, 6) is 0.927. The maximum Gasteiger partial charge on any atom is 0.145 e. The molecule has 53 heavy (non-hydrogen) atoms. The molecule has 0 spiro atoms. The second-order valence-corrected chi connectivity index (χ2v) is 15.6. The zero-order valence-electron chi connectivity index (χ0n) is 29.3. The fourth-order valence-electron chi connectivity index (χ4n) is 8.76. The molecule has 1 aliphatic rings. The molecule has 11 rings (SSSR count). The van der Waals surface area contributed by atoms with Crippen molar-refractivity contribution in [2.75, 3.05) is 0 Å². The first-order chi connectivity index (χ1) is 26.0. The van der Waals surface area contributed by atoms with E-state index in [2.05, 4.69) is 182 Å². The highest BCUT2D eigenvalue weighted by Gasteiger charge is 2.36. The van der Waals surface area contributed by atoms with Crippen LogP contribution >= 0.6 is 11.3 Å². The summed E-state index contributed by atoms with van der Waals surface area (Å²) in [4.78, 5) is 10.5. The summed E-state index contributed by atoms with van der Waals surface area (Å²) in [6.45, 7) is 4.74. The van der Waals surface area contributed by atoms with Crippen LogP contribution in [0.2, 0.25) is 0 Å². The van der Waals surface area contributed by atoms with Crippen LogP contribution < -0.4 is 0 Å². The van der Waals surface area contributed by atoms with Gasteiger partial charge in [-0.1, -0.05) is 123 Å². The van der Waals surface area contributed by atoms with Gasteiger partial charge in [0.25, 0.3) is 0 Å². The highest BCUT2D eigenvalue weighted by atomic mass is 32.1. The standard InChI is InChI=1S/C49H33N3S/c1-49(2)39-22-9-8-19-33(39)36-28-37-38(29-40(36)49)45(34-20-6-7-21-35(34)46(37)48-51-42-24-11-13-26-44(42)53-48)30-15-14-16-31(27-30)47-50-41-23-10-12-25-43(41)52(47)32-17-4-3-5-18-32/h3-29H,1-2H3. The van der Waals surface area contributed by atoms with Gasteiger partial charge in [0.1, 0.15) is 10.8 Å². The molecule has 0 amide bonds. The van der Waals surface area contributed by atoms with Crippen molar-refractivity contribution in [1.29, 1.82) is 0 Å². The van der Waals surface area contributed by atoms with E-state index in [4.69, 9.17) is 9.97 Å². The number of thiazole rings is 1. The van der Waals surface area contributed by atoms with Gasteiger partial charge in [0.05, 0.1) is 21.3 Å². The van der Waals surface area contributed by atoms with E-state index in [0.717, 1.165) is 38.6 Å². The summed E-state index contributed by atoms with van der Waals surface area (Å²) < 4.78 is 3.48. The maximum absolute atomic E-state index is 5.27. The fourth-order valence-corrected chi connectivity index (χ4v) is 9.80. The molecule has 10 aromatic rings. The second-order valence-electron chi connectivity index (χ2n) is 14.6. The Hall–Kier alpha value is -6.36. The molecule has 0 atom stereocenters. The topological polar surface area (TPSA) is 30.7 Å². The molecule has 4 heteroatoms. The molecule has 2 aromatic heterocycles. The molecule has 0 saturated heterocycles. The lowest BCUT2D eigenvalue weighted by atomic mass is 9.80. The van der Waals surface area contributed by atoms with Crippen molar-refractivity contribution in [3.63, 3.8) is 0 Å². The summed E-state index contributed by atoms with van der Waals surface area (Å²) in [5.41, 5.74) is 14.1. The van der Waals surface area contributed by atoms with Crippen molar-refractivity contribution >= 4 is 54.1 Å². The Labute approximate surface area is 311 Å². The quantitative estimate of drug-likeness (QED) is 0.172. The minimum absolute atomic E-state index is 0.137. The van der Waals surface area contributed by atoms with Crippen LogP contribution in [0, 0.1) is 0 Å². The third-order valence-electron chi connectivity index (χ3n) is 11.2. The van der Waals surface area contributed by atoms with Crippen molar-refractivity contribution < 1.29 is 0 Å². The van der Waals surface area contributed by atoms with E-state index in [-0.39, 0.29) is 5.41 Å². The van der Waals surface area contributed by atoms with Crippen LogP contribution in [0.1, 0.15) is 25.0 Å². The summed E-state index contributed by atoms with van der Waals surface area (Å²) >= 11 is 1.78. The Morgan fingerprint density at radius 1 is 0.491 bits per heavy atom. The van der Waals surface area contributed by atoms with Gasteiger partial charge in [-0.15, -0.1) is 11.3 Å². The number of para-hydroxylation sites is 4. The molecule has 8 aromatic carbocycles. The van der Waals surface area contributed by atoms with Crippen LogP contribution in [0.3, 0.4) is 0 Å². The van der Waals surface area contributed by atoms with E-state index in [1.807, 2.05) is 0 Å². The van der Waals surface area contributed by atoms with Gasteiger partial charge >= 0.3 is 0 Å². The van der Waals surface area contributed by atoms with E-state index < -0.39 is 0 Å². The van der Waals surface area contributed by atoms with E-state index >= 15 is 0 Å². The average molecular weight is 696 g/mol. The first kappa shape index (κ1) is 30.3. The molecule has 0 radical (unpaired) electrons. The Bertz CT molecular complexity index is 3060. The van der Waals surface area contributed by atoms with E-state index in [1.54, 1.807) is 11.3 Å². The van der Waals surface area contributed by atoms with Crippen LogP contribution in [0.15, 0.2) is 164 Å². The lowest BCUT2D eigenvalue weighted by Crippen LogP contribution is -2.14. The van der Waals surface area contributed by atoms with Gasteiger partial charge in [0.2, 0.25) is 0 Å². The molecule has 0 saturated carbocycles. The number of aromatic nitrogens is 3. The zero-order valence-corrected chi connectivity index (χ0v) is 30.2. The Balaban J connectivity index is 1.24. The summed E-state index contributed by atoms with van der Waals surface area (Å²) in [6.07, 6.45) is 0. The molecular formula is C49H33N3S. The van der Waals surface area contributed by atoms with Gasteiger partial charge in [-0.05, 0) is 110 Å². The summed E-state index contributed by atoms with van der Waals surface area (Å²) in [6, 6.07) is 59.3. The molecule has 0 fully saturated rings.